The van der Waals surface area contributed by atoms with E-state index in [1.165, 1.54) is 11.3 Å². The molecule has 3 aromatic rings. The van der Waals surface area contributed by atoms with Crippen molar-refractivity contribution in [3.05, 3.63) is 48.3 Å². The largest absolute Gasteiger partial charge is 0.289 e. The molecule has 6 heteroatoms. The summed E-state index contributed by atoms with van der Waals surface area (Å²) in [6.45, 7) is 0. The molecule has 0 bridgehead atoms. The minimum absolute atomic E-state index is 0.334. The summed E-state index contributed by atoms with van der Waals surface area (Å²) in [6.07, 6.45) is 1.79. The molecule has 90 valence electrons. The third-order valence-corrected chi connectivity index (χ3v) is 3.64. The molecule has 3 N–H and O–H groups in total. The van der Waals surface area contributed by atoms with Crippen molar-refractivity contribution >= 4 is 27.5 Å². The number of hydrazine groups is 1. The van der Waals surface area contributed by atoms with Crippen LogP contribution in [-0.4, -0.2) is 15.5 Å². The van der Waals surface area contributed by atoms with Crippen LogP contribution in [0.25, 0.3) is 15.3 Å². The van der Waals surface area contributed by atoms with Gasteiger partial charge in [0.25, 0.3) is 5.91 Å². The Hall–Kier alpha value is -2.18. The van der Waals surface area contributed by atoms with Gasteiger partial charge in [-0.1, -0.05) is 23.5 Å². The van der Waals surface area contributed by atoms with Crippen LogP contribution in [0.1, 0.15) is 10.5 Å². The van der Waals surface area contributed by atoms with Crippen LogP contribution in [0.4, 0.5) is 0 Å². The number of para-hydroxylation sites is 1. The van der Waals surface area contributed by atoms with Gasteiger partial charge in [-0.05, 0) is 24.3 Å². The van der Waals surface area contributed by atoms with Gasteiger partial charge in [0.15, 0.2) is 5.13 Å². The number of nitrogens with zero attached hydrogens (tertiary/aromatic N) is 2. The summed E-state index contributed by atoms with van der Waals surface area (Å²) >= 11 is 1.53. The molecular formula is C12H10N4OS. The maximum Gasteiger partial charge on any atom is 0.282 e. The molecule has 0 radical (unpaired) electrons. The second-order valence-corrected chi connectivity index (χ2v) is 4.71. The Bertz CT molecular complexity index is 683. The molecule has 2 aromatic heterocycles. The highest BCUT2D eigenvalue weighted by atomic mass is 32.1. The molecule has 0 saturated carbocycles. The maximum absolute atomic E-state index is 11.6. The van der Waals surface area contributed by atoms with Crippen LogP contribution in [0.2, 0.25) is 0 Å². The lowest BCUT2D eigenvalue weighted by molar-refractivity contribution is 0.0947. The Kier molecular flexibility index (Phi) is 2.58. The van der Waals surface area contributed by atoms with E-state index in [0.717, 1.165) is 15.3 Å². The smallest absolute Gasteiger partial charge is 0.282 e. The summed E-state index contributed by atoms with van der Waals surface area (Å²) in [4.78, 5) is 16.1. The van der Waals surface area contributed by atoms with E-state index in [2.05, 4.69) is 10.4 Å². The molecule has 1 aromatic carbocycles. The molecule has 0 aliphatic carbocycles. The number of aromatic nitrogens is 2. The van der Waals surface area contributed by atoms with E-state index in [-0.39, 0.29) is 5.91 Å². The number of thiazole rings is 1. The number of carbonyl (C=O) groups excluding carboxylic acids is 1. The molecule has 0 atom stereocenters. The molecule has 0 aliphatic heterocycles. The Morgan fingerprint density at radius 2 is 2.11 bits per heavy atom. The zero-order chi connectivity index (χ0) is 12.5. The Labute approximate surface area is 107 Å². The SMILES string of the molecule is NNC(=O)c1cccn1-c1nc2ccccc2s1. The summed E-state index contributed by atoms with van der Waals surface area (Å²) in [5.74, 6) is 4.82. The molecule has 18 heavy (non-hydrogen) atoms. The number of nitrogens with one attached hydrogen (secondary N) is 1. The number of carbonyl (C=O) groups is 1. The van der Waals surface area contributed by atoms with Crippen molar-refractivity contribution in [3.63, 3.8) is 0 Å². The number of fused-ring (bicyclic) bond motifs is 1. The molecule has 0 unspecified atom stereocenters. The third kappa shape index (κ3) is 1.68. The quantitative estimate of drug-likeness (QED) is 0.417. The molecule has 0 saturated heterocycles. The van der Waals surface area contributed by atoms with Crippen molar-refractivity contribution in [2.45, 2.75) is 0 Å². The summed E-state index contributed by atoms with van der Waals surface area (Å²) in [5.41, 5.74) is 3.52. The monoisotopic (exact) mass is 258 g/mol. The number of amides is 1. The lowest BCUT2D eigenvalue weighted by Crippen LogP contribution is -2.31. The molecule has 0 aliphatic rings. The van der Waals surface area contributed by atoms with E-state index >= 15 is 0 Å². The van der Waals surface area contributed by atoms with Crippen LogP contribution in [0.15, 0.2) is 42.6 Å². The summed E-state index contributed by atoms with van der Waals surface area (Å²) in [5, 5.41) is 0.750. The molecule has 5 nitrogen and oxygen atoms in total. The van der Waals surface area contributed by atoms with Crippen LogP contribution in [0.5, 0.6) is 0 Å². The highest BCUT2D eigenvalue weighted by Gasteiger charge is 2.13. The van der Waals surface area contributed by atoms with Crippen molar-refractivity contribution in [3.8, 4) is 5.13 Å². The summed E-state index contributed by atoms with van der Waals surface area (Å²) in [6, 6.07) is 11.3. The van der Waals surface area contributed by atoms with Gasteiger partial charge in [-0.15, -0.1) is 0 Å². The van der Waals surface area contributed by atoms with Crippen LogP contribution in [0.3, 0.4) is 0 Å². The summed E-state index contributed by atoms with van der Waals surface area (Å²) in [7, 11) is 0. The lowest BCUT2D eigenvalue weighted by atomic mass is 10.3. The van der Waals surface area contributed by atoms with Crippen molar-refractivity contribution in [1.29, 1.82) is 0 Å². The average Bonchev–Trinajstić information content (AvgIpc) is 3.03. The zero-order valence-electron chi connectivity index (χ0n) is 9.33. The first kappa shape index (κ1) is 10.9. The third-order valence-electron chi connectivity index (χ3n) is 2.60. The first-order valence-corrected chi connectivity index (χ1v) is 6.15. The van der Waals surface area contributed by atoms with Crippen molar-refractivity contribution in [2.75, 3.05) is 0 Å². The second-order valence-electron chi connectivity index (χ2n) is 3.70. The predicted molar refractivity (Wildman–Crippen MR) is 70.6 cm³/mol. The number of benzene rings is 1. The number of hydrogen-bond acceptors (Lipinski definition) is 4. The second kappa shape index (κ2) is 4.25. The molecule has 1 amide bonds. The fourth-order valence-electron chi connectivity index (χ4n) is 1.77. The van der Waals surface area contributed by atoms with E-state index in [1.807, 2.05) is 24.3 Å². The summed E-state index contributed by atoms with van der Waals surface area (Å²) < 4.78 is 2.81. The van der Waals surface area contributed by atoms with E-state index in [1.54, 1.807) is 22.9 Å². The van der Waals surface area contributed by atoms with Gasteiger partial charge in [0, 0.05) is 6.20 Å². The van der Waals surface area contributed by atoms with Crippen LogP contribution in [0, 0.1) is 0 Å². The van der Waals surface area contributed by atoms with Gasteiger partial charge in [0.05, 0.1) is 10.2 Å². The lowest BCUT2D eigenvalue weighted by Gasteiger charge is -2.03. The van der Waals surface area contributed by atoms with E-state index in [0.29, 0.717) is 5.69 Å². The topological polar surface area (TPSA) is 72.9 Å². The minimum Gasteiger partial charge on any atom is -0.289 e. The number of rotatable bonds is 2. The molecule has 0 spiro atoms. The van der Waals surface area contributed by atoms with Crippen LogP contribution >= 0.6 is 11.3 Å². The Morgan fingerprint density at radius 1 is 1.28 bits per heavy atom. The molecular weight excluding hydrogens is 248 g/mol. The van der Waals surface area contributed by atoms with E-state index < -0.39 is 0 Å². The van der Waals surface area contributed by atoms with Crippen LogP contribution < -0.4 is 11.3 Å². The minimum atomic E-state index is -0.334. The Morgan fingerprint density at radius 3 is 2.89 bits per heavy atom. The van der Waals surface area contributed by atoms with Crippen molar-refractivity contribution in [1.82, 2.24) is 15.0 Å². The fourth-order valence-corrected chi connectivity index (χ4v) is 2.73. The highest BCUT2D eigenvalue weighted by molar-refractivity contribution is 7.20. The van der Waals surface area contributed by atoms with Gasteiger partial charge in [-0.25, -0.2) is 10.8 Å². The van der Waals surface area contributed by atoms with Crippen molar-refractivity contribution in [2.24, 2.45) is 5.84 Å². The standard InChI is InChI=1S/C12H10N4OS/c13-15-11(17)9-5-3-7-16(9)12-14-8-4-1-2-6-10(8)18-12/h1-7H,13H2,(H,15,17). The normalized spacial score (nSPS) is 10.7. The Balaban J connectivity index is 2.14. The number of nitrogen functional groups attached to an aromatic ring is 1. The van der Waals surface area contributed by atoms with Gasteiger partial charge >= 0.3 is 0 Å². The van der Waals surface area contributed by atoms with Gasteiger partial charge in [-0.2, -0.15) is 0 Å². The van der Waals surface area contributed by atoms with Crippen LogP contribution in [-0.2, 0) is 0 Å². The molecule has 0 fully saturated rings. The first-order valence-electron chi connectivity index (χ1n) is 5.34. The van der Waals surface area contributed by atoms with Gasteiger partial charge < -0.3 is 0 Å². The van der Waals surface area contributed by atoms with Gasteiger partial charge in [-0.3, -0.25) is 14.8 Å². The first-order chi connectivity index (χ1) is 8.79. The average molecular weight is 258 g/mol. The predicted octanol–water partition coefficient (Wildman–Crippen LogP) is 1.69. The highest BCUT2D eigenvalue weighted by Crippen LogP contribution is 2.25. The molecule has 2 heterocycles. The zero-order valence-corrected chi connectivity index (χ0v) is 10.1. The van der Waals surface area contributed by atoms with Crippen molar-refractivity contribution < 1.29 is 4.79 Å². The van der Waals surface area contributed by atoms with E-state index in [9.17, 15) is 4.79 Å². The van der Waals surface area contributed by atoms with Gasteiger partial charge in [0.2, 0.25) is 0 Å². The maximum atomic E-state index is 11.6. The molecule has 3 rings (SSSR count). The fraction of sp³-hybridized carbons (Fsp3) is 0. The number of nitrogens with two attached hydrogens (primary N) is 1. The van der Waals surface area contributed by atoms with Gasteiger partial charge in [0.1, 0.15) is 5.69 Å². The number of hydrogen-bond donors (Lipinski definition) is 2. The van der Waals surface area contributed by atoms with E-state index in [4.69, 9.17) is 5.84 Å².